The molecule has 0 aliphatic carbocycles. The summed E-state index contributed by atoms with van der Waals surface area (Å²) in [6.45, 7) is 8.63. The Labute approximate surface area is 174 Å². The van der Waals surface area contributed by atoms with Crippen LogP contribution in [0.1, 0.15) is 32.8 Å². The van der Waals surface area contributed by atoms with E-state index < -0.39 is 34.5 Å². The topological polar surface area (TPSA) is 137 Å². The molecule has 0 saturated carbocycles. The zero-order chi connectivity index (χ0) is 22.9. The lowest BCUT2D eigenvalue weighted by Gasteiger charge is -2.22. The van der Waals surface area contributed by atoms with Crippen molar-refractivity contribution in [2.24, 2.45) is 0 Å². The molecule has 1 atom stereocenters. The van der Waals surface area contributed by atoms with Gasteiger partial charge in [0.25, 0.3) is 5.69 Å². The van der Waals surface area contributed by atoms with E-state index in [0.29, 0.717) is 0 Å². The molecule has 0 aliphatic rings. The fraction of sp³-hybridized carbons (Fsp3) is 0.350. The lowest BCUT2D eigenvalue weighted by Crippen LogP contribution is -2.42. The van der Waals surface area contributed by atoms with Crippen molar-refractivity contribution < 1.29 is 28.8 Å². The van der Waals surface area contributed by atoms with Crippen LogP contribution in [0, 0.1) is 10.1 Å². The molecular formula is C20H25N3O7. The molecular weight excluding hydrogens is 394 g/mol. The third kappa shape index (κ3) is 8.13. The first-order valence-corrected chi connectivity index (χ1v) is 8.92. The molecule has 0 fully saturated rings. The van der Waals surface area contributed by atoms with Crippen molar-refractivity contribution in [3.05, 3.63) is 52.6 Å². The molecule has 0 spiro atoms. The number of carbonyl (C=O) groups excluding carboxylic acids is 3. The molecule has 1 unspecified atom stereocenters. The Bertz CT molecular complexity index is 856. The highest BCUT2D eigenvalue weighted by atomic mass is 16.6. The van der Waals surface area contributed by atoms with Gasteiger partial charge in [0.2, 0.25) is 0 Å². The molecule has 10 heteroatoms. The molecule has 1 rings (SSSR count). The van der Waals surface area contributed by atoms with Gasteiger partial charge < -0.3 is 14.8 Å². The van der Waals surface area contributed by atoms with Gasteiger partial charge in [-0.3, -0.25) is 20.2 Å². The van der Waals surface area contributed by atoms with Crippen LogP contribution in [0.3, 0.4) is 0 Å². The number of nitro groups is 1. The first-order valence-electron chi connectivity index (χ1n) is 8.92. The summed E-state index contributed by atoms with van der Waals surface area (Å²) in [5, 5.41) is 16.1. The summed E-state index contributed by atoms with van der Waals surface area (Å²) in [6.07, 6.45) is 2.45. The maximum absolute atomic E-state index is 12.5. The smallest absolute Gasteiger partial charge is 0.411 e. The minimum atomic E-state index is -0.937. The normalized spacial score (nSPS) is 12.0. The Morgan fingerprint density at radius 1 is 1.27 bits per heavy atom. The summed E-state index contributed by atoms with van der Waals surface area (Å²) in [7, 11) is 1.16. The molecule has 1 aromatic rings. The summed E-state index contributed by atoms with van der Waals surface area (Å²) in [5.41, 5.74) is -0.762. The fourth-order valence-electron chi connectivity index (χ4n) is 2.24. The molecule has 2 N–H and O–H groups in total. The number of nitrogens with one attached hydrogen (secondary N) is 2. The van der Waals surface area contributed by atoms with Crippen molar-refractivity contribution in [1.29, 1.82) is 0 Å². The van der Waals surface area contributed by atoms with Gasteiger partial charge in [-0.15, -0.1) is 6.58 Å². The molecule has 30 heavy (non-hydrogen) atoms. The highest BCUT2D eigenvalue weighted by Gasteiger charge is 2.22. The van der Waals surface area contributed by atoms with Crippen molar-refractivity contribution in [3.8, 4) is 0 Å². The lowest BCUT2D eigenvalue weighted by molar-refractivity contribution is -0.385. The summed E-state index contributed by atoms with van der Waals surface area (Å²) in [6, 6.07) is 3.00. The number of ether oxygens (including phenoxy) is 2. The van der Waals surface area contributed by atoms with Gasteiger partial charge in [-0.05, 0) is 51.5 Å². The molecule has 162 valence electrons. The molecule has 0 aliphatic heterocycles. The average Bonchev–Trinajstić information content (AvgIpc) is 2.64. The number of alkyl carbamates (subject to hydrolysis) is 1. The van der Waals surface area contributed by atoms with Crippen LogP contribution >= 0.6 is 0 Å². The van der Waals surface area contributed by atoms with Gasteiger partial charge in [-0.2, -0.15) is 0 Å². The van der Waals surface area contributed by atoms with Crippen molar-refractivity contribution >= 4 is 35.4 Å². The number of ketones is 1. The Morgan fingerprint density at radius 2 is 1.93 bits per heavy atom. The molecule has 0 radical (unpaired) electrons. The summed E-state index contributed by atoms with van der Waals surface area (Å²) in [4.78, 5) is 46.4. The van der Waals surface area contributed by atoms with E-state index in [4.69, 9.17) is 4.74 Å². The van der Waals surface area contributed by atoms with Gasteiger partial charge in [0, 0.05) is 6.07 Å². The third-order valence-corrected chi connectivity index (χ3v) is 3.52. The Morgan fingerprint density at radius 3 is 2.47 bits per heavy atom. The van der Waals surface area contributed by atoms with Crippen LogP contribution in [0.15, 0.2) is 36.9 Å². The second kappa shape index (κ2) is 10.7. The molecule has 10 nitrogen and oxygen atoms in total. The van der Waals surface area contributed by atoms with E-state index in [-0.39, 0.29) is 23.4 Å². The minimum absolute atomic E-state index is 0.137. The fourth-order valence-corrected chi connectivity index (χ4v) is 2.24. The van der Waals surface area contributed by atoms with Crippen LogP contribution in [0.2, 0.25) is 0 Å². The minimum Gasteiger partial charge on any atom is -0.453 e. The summed E-state index contributed by atoms with van der Waals surface area (Å²) in [5.74, 6) is -0.494. The first-order chi connectivity index (χ1) is 14.0. The van der Waals surface area contributed by atoms with Crippen LogP contribution in [-0.4, -0.2) is 41.6 Å². The number of carbonyl (C=O) groups is 3. The van der Waals surface area contributed by atoms with Gasteiger partial charge in [-0.1, -0.05) is 6.08 Å². The van der Waals surface area contributed by atoms with E-state index in [1.807, 2.05) is 0 Å². The SMILES string of the molecule is C=CCC(NC(=O)OC(C)(C)C)C(=O)/C=C/c1ccc(NC(=O)OC)cc1[N+](=O)[O-]. The van der Waals surface area contributed by atoms with Crippen molar-refractivity contribution in [1.82, 2.24) is 5.32 Å². The highest BCUT2D eigenvalue weighted by Crippen LogP contribution is 2.24. The van der Waals surface area contributed by atoms with E-state index in [0.717, 1.165) is 19.3 Å². The van der Waals surface area contributed by atoms with Crippen molar-refractivity contribution in [2.45, 2.75) is 38.8 Å². The van der Waals surface area contributed by atoms with Gasteiger partial charge in [-0.25, -0.2) is 9.59 Å². The van der Waals surface area contributed by atoms with Crippen molar-refractivity contribution in [3.63, 3.8) is 0 Å². The largest absolute Gasteiger partial charge is 0.453 e. The number of anilines is 1. The number of amides is 2. The van der Waals surface area contributed by atoms with Crippen LogP contribution in [0.25, 0.3) is 6.08 Å². The molecule has 0 bridgehead atoms. The maximum atomic E-state index is 12.5. The molecule has 2 amide bonds. The van der Waals surface area contributed by atoms with E-state index >= 15 is 0 Å². The summed E-state index contributed by atoms with van der Waals surface area (Å²) >= 11 is 0. The number of hydrogen-bond acceptors (Lipinski definition) is 7. The van der Waals surface area contributed by atoms with E-state index in [9.17, 15) is 24.5 Å². The number of hydrogen-bond donors (Lipinski definition) is 2. The van der Waals surface area contributed by atoms with Crippen LogP contribution < -0.4 is 10.6 Å². The second-order valence-corrected chi connectivity index (χ2v) is 7.11. The predicted octanol–water partition coefficient (Wildman–Crippen LogP) is 3.82. The molecule has 0 aromatic heterocycles. The number of rotatable bonds is 8. The van der Waals surface area contributed by atoms with Crippen LogP contribution in [0.4, 0.5) is 21.0 Å². The van der Waals surface area contributed by atoms with Crippen LogP contribution in [0.5, 0.6) is 0 Å². The molecule has 0 saturated heterocycles. The number of nitro benzene ring substituents is 1. The van der Waals surface area contributed by atoms with Gasteiger partial charge in [0.05, 0.1) is 29.3 Å². The standard InChI is InChI=1S/C20H25N3O7/c1-6-7-15(22-19(26)30-20(2,3)4)17(24)11-9-13-8-10-14(21-18(25)29-5)12-16(13)23(27)28/h6,8-12,15H,1,7H2,2-5H3,(H,21,25)(H,22,26)/b11-9+. The number of methoxy groups -OCH3 is 1. The number of benzene rings is 1. The zero-order valence-electron chi connectivity index (χ0n) is 17.3. The van der Waals surface area contributed by atoms with Gasteiger partial charge in [0.15, 0.2) is 5.78 Å². The first kappa shape index (κ1) is 24.3. The Kier molecular flexibility index (Phi) is 8.72. The van der Waals surface area contributed by atoms with E-state index in [2.05, 4.69) is 21.9 Å². The van der Waals surface area contributed by atoms with E-state index in [1.165, 1.54) is 24.3 Å². The average molecular weight is 419 g/mol. The van der Waals surface area contributed by atoms with Gasteiger partial charge in [0.1, 0.15) is 5.60 Å². The van der Waals surface area contributed by atoms with Crippen LogP contribution in [-0.2, 0) is 14.3 Å². The third-order valence-electron chi connectivity index (χ3n) is 3.52. The highest BCUT2D eigenvalue weighted by molar-refractivity contribution is 5.99. The lowest BCUT2D eigenvalue weighted by atomic mass is 10.1. The van der Waals surface area contributed by atoms with Crippen molar-refractivity contribution in [2.75, 3.05) is 12.4 Å². The van der Waals surface area contributed by atoms with Gasteiger partial charge >= 0.3 is 12.2 Å². The second-order valence-electron chi connectivity index (χ2n) is 7.11. The Hall–Kier alpha value is -3.69. The monoisotopic (exact) mass is 419 g/mol. The van der Waals surface area contributed by atoms with E-state index in [1.54, 1.807) is 20.8 Å². The number of nitrogens with zero attached hydrogens (tertiary/aromatic N) is 1. The molecule has 0 heterocycles. The Balaban J connectivity index is 3.02. The molecule has 1 aromatic carbocycles. The summed E-state index contributed by atoms with van der Waals surface area (Å²) < 4.78 is 9.58. The zero-order valence-corrected chi connectivity index (χ0v) is 17.3. The maximum Gasteiger partial charge on any atom is 0.411 e. The quantitative estimate of drug-likeness (QED) is 0.283. The predicted molar refractivity (Wildman–Crippen MR) is 111 cm³/mol.